The first kappa shape index (κ1) is 16.5. The van der Waals surface area contributed by atoms with Crippen LogP contribution in [0.1, 0.15) is 22.8 Å². The fraction of sp³-hybridized carbons (Fsp3) is 0.222. The second kappa shape index (κ2) is 7.98. The van der Waals surface area contributed by atoms with Crippen molar-refractivity contribution in [3.05, 3.63) is 59.7 Å². The first-order valence-corrected chi connectivity index (χ1v) is 7.44. The summed E-state index contributed by atoms with van der Waals surface area (Å²) in [6.07, 6.45) is 0.209. The highest BCUT2D eigenvalue weighted by atomic mass is 16.5. The number of para-hydroxylation sites is 1. The zero-order valence-electron chi connectivity index (χ0n) is 13.3. The Labute approximate surface area is 135 Å². The van der Waals surface area contributed by atoms with Crippen molar-refractivity contribution in [2.75, 3.05) is 19.0 Å². The number of carbonyl (C=O) groups excluding carboxylic acids is 2. The molecule has 2 amide bonds. The highest BCUT2D eigenvalue weighted by molar-refractivity contribution is 6.04. The van der Waals surface area contributed by atoms with Crippen LogP contribution in [0.4, 0.5) is 5.69 Å². The van der Waals surface area contributed by atoms with E-state index in [1.54, 1.807) is 31.4 Å². The van der Waals surface area contributed by atoms with Crippen LogP contribution in [0.25, 0.3) is 0 Å². The molecule has 0 aliphatic carbocycles. The van der Waals surface area contributed by atoms with Crippen molar-refractivity contribution in [3.63, 3.8) is 0 Å². The molecule has 0 aliphatic rings. The van der Waals surface area contributed by atoms with Crippen LogP contribution >= 0.6 is 0 Å². The minimum atomic E-state index is -0.204. The van der Waals surface area contributed by atoms with Gasteiger partial charge in [-0.3, -0.25) is 9.59 Å². The SMILES string of the molecule is CCNC(=O)c1ccccc1NC(=O)Cc1cccc(OC)c1. The maximum absolute atomic E-state index is 12.2. The normalized spacial score (nSPS) is 10.0. The Morgan fingerprint density at radius 1 is 1.09 bits per heavy atom. The van der Waals surface area contributed by atoms with Gasteiger partial charge in [0.2, 0.25) is 5.91 Å². The molecule has 120 valence electrons. The molecule has 2 aromatic rings. The Kier molecular flexibility index (Phi) is 5.74. The van der Waals surface area contributed by atoms with Crippen LogP contribution in [0, 0.1) is 0 Å². The molecule has 23 heavy (non-hydrogen) atoms. The second-order valence-electron chi connectivity index (χ2n) is 4.98. The van der Waals surface area contributed by atoms with Gasteiger partial charge in [0, 0.05) is 6.54 Å². The van der Waals surface area contributed by atoms with Gasteiger partial charge in [-0.25, -0.2) is 0 Å². The van der Waals surface area contributed by atoms with Gasteiger partial charge in [-0.2, -0.15) is 0 Å². The number of anilines is 1. The van der Waals surface area contributed by atoms with Crippen molar-refractivity contribution in [1.29, 1.82) is 0 Å². The topological polar surface area (TPSA) is 67.4 Å². The van der Waals surface area contributed by atoms with Gasteiger partial charge in [0.15, 0.2) is 0 Å². The number of ether oxygens (including phenoxy) is 1. The van der Waals surface area contributed by atoms with E-state index >= 15 is 0 Å². The summed E-state index contributed by atoms with van der Waals surface area (Å²) in [4.78, 5) is 24.2. The van der Waals surface area contributed by atoms with Gasteiger partial charge in [-0.15, -0.1) is 0 Å². The summed E-state index contributed by atoms with van der Waals surface area (Å²) in [6, 6.07) is 14.3. The van der Waals surface area contributed by atoms with E-state index < -0.39 is 0 Å². The third-order valence-electron chi connectivity index (χ3n) is 3.28. The summed E-state index contributed by atoms with van der Waals surface area (Å²) in [5.41, 5.74) is 1.80. The van der Waals surface area contributed by atoms with E-state index in [4.69, 9.17) is 4.74 Å². The monoisotopic (exact) mass is 312 g/mol. The first-order valence-electron chi connectivity index (χ1n) is 7.44. The summed E-state index contributed by atoms with van der Waals surface area (Å²) >= 11 is 0. The van der Waals surface area contributed by atoms with Crippen LogP contribution in [-0.4, -0.2) is 25.5 Å². The molecule has 0 aromatic heterocycles. The van der Waals surface area contributed by atoms with Crippen molar-refractivity contribution in [3.8, 4) is 5.75 Å². The minimum absolute atomic E-state index is 0.185. The number of benzene rings is 2. The largest absolute Gasteiger partial charge is 0.497 e. The number of hydrogen-bond acceptors (Lipinski definition) is 3. The maximum atomic E-state index is 12.2. The standard InChI is InChI=1S/C18H20N2O3/c1-3-19-18(22)15-9-4-5-10-16(15)20-17(21)12-13-7-6-8-14(11-13)23-2/h4-11H,3,12H2,1-2H3,(H,19,22)(H,20,21). The summed E-state index contributed by atoms with van der Waals surface area (Å²) in [6.45, 7) is 2.38. The molecule has 2 aromatic carbocycles. The number of carbonyl (C=O) groups is 2. The molecular weight excluding hydrogens is 292 g/mol. The molecule has 0 unspecified atom stereocenters. The summed E-state index contributed by atoms with van der Waals surface area (Å²) in [5, 5.41) is 5.53. The predicted octanol–water partition coefficient (Wildman–Crippen LogP) is 2.63. The Morgan fingerprint density at radius 3 is 2.61 bits per heavy atom. The van der Waals surface area contributed by atoms with Crippen LogP contribution in [0.2, 0.25) is 0 Å². The number of hydrogen-bond donors (Lipinski definition) is 2. The lowest BCUT2D eigenvalue weighted by Gasteiger charge is -2.11. The van der Waals surface area contributed by atoms with Crippen molar-refractivity contribution in [1.82, 2.24) is 5.32 Å². The van der Waals surface area contributed by atoms with Crippen LogP contribution < -0.4 is 15.4 Å². The second-order valence-corrected chi connectivity index (χ2v) is 4.98. The van der Waals surface area contributed by atoms with E-state index in [1.165, 1.54) is 0 Å². The van der Waals surface area contributed by atoms with E-state index in [9.17, 15) is 9.59 Å². The lowest BCUT2D eigenvalue weighted by Crippen LogP contribution is -2.25. The van der Waals surface area contributed by atoms with Crippen LogP contribution in [0.5, 0.6) is 5.75 Å². The summed E-state index contributed by atoms with van der Waals surface area (Å²) in [5.74, 6) is 0.317. The number of methoxy groups -OCH3 is 1. The fourth-order valence-corrected chi connectivity index (χ4v) is 2.21. The van der Waals surface area contributed by atoms with Gasteiger partial charge in [0.05, 0.1) is 24.8 Å². The molecule has 2 rings (SSSR count). The summed E-state index contributed by atoms with van der Waals surface area (Å²) < 4.78 is 5.15. The Balaban J connectivity index is 2.09. The number of rotatable bonds is 6. The van der Waals surface area contributed by atoms with E-state index in [0.717, 1.165) is 5.56 Å². The predicted molar refractivity (Wildman–Crippen MR) is 89.8 cm³/mol. The molecule has 5 nitrogen and oxygen atoms in total. The van der Waals surface area contributed by atoms with Crippen molar-refractivity contribution < 1.29 is 14.3 Å². The molecule has 0 bridgehead atoms. The molecule has 0 saturated carbocycles. The molecule has 2 N–H and O–H groups in total. The van der Waals surface area contributed by atoms with Crippen molar-refractivity contribution in [2.45, 2.75) is 13.3 Å². The van der Waals surface area contributed by atoms with E-state index in [-0.39, 0.29) is 18.2 Å². The molecule has 0 atom stereocenters. The molecule has 0 spiro atoms. The average Bonchev–Trinajstić information content (AvgIpc) is 2.55. The Hall–Kier alpha value is -2.82. The zero-order valence-corrected chi connectivity index (χ0v) is 13.3. The highest BCUT2D eigenvalue weighted by Gasteiger charge is 2.12. The maximum Gasteiger partial charge on any atom is 0.253 e. The molecular formula is C18H20N2O3. The van der Waals surface area contributed by atoms with Gasteiger partial charge < -0.3 is 15.4 Å². The molecule has 0 aliphatic heterocycles. The van der Waals surface area contributed by atoms with Crippen LogP contribution in [-0.2, 0) is 11.2 Å². The first-order chi connectivity index (χ1) is 11.1. The van der Waals surface area contributed by atoms with Gasteiger partial charge in [0.1, 0.15) is 5.75 Å². The zero-order chi connectivity index (χ0) is 16.7. The number of nitrogens with one attached hydrogen (secondary N) is 2. The Bertz CT molecular complexity index is 698. The third kappa shape index (κ3) is 4.57. The Morgan fingerprint density at radius 2 is 1.87 bits per heavy atom. The molecule has 0 heterocycles. The lowest BCUT2D eigenvalue weighted by atomic mass is 10.1. The van der Waals surface area contributed by atoms with Crippen molar-refractivity contribution >= 4 is 17.5 Å². The van der Waals surface area contributed by atoms with Crippen LogP contribution in [0.15, 0.2) is 48.5 Å². The van der Waals surface area contributed by atoms with E-state index in [1.807, 2.05) is 31.2 Å². The van der Waals surface area contributed by atoms with Crippen LogP contribution in [0.3, 0.4) is 0 Å². The molecule has 0 fully saturated rings. The highest BCUT2D eigenvalue weighted by Crippen LogP contribution is 2.17. The summed E-state index contributed by atoms with van der Waals surface area (Å²) in [7, 11) is 1.59. The number of amides is 2. The molecule has 5 heteroatoms. The van der Waals surface area contributed by atoms with Gasteiger partial charge >= 0.3 is 0 Å². The van der Waals surface area contributed by atoms with E-state index in [2.05, 4.69) is 10.6 Å². The average molecular weight is 312 g/mol. The molecule has 0 radical (unpaired) electrons. The fourth-order valence-electron chi connectivity index (χ4n) is 2.21. The molecule has 0 saturated heterocycles. The van der Waals surface area contributed by atoms with Crippen molar-refractivity contribution in [2.24, 2.45) is 0 Å². The lowest BCUT2D eigenvalue weighted by molar-refractivity contribution is -0.115. The van der Waals surface area contributed by atoms with E-state index in [0.29, 0.717) is 23.5 Å². The van der Waals surface area contributed by atoms with Gasteiger partial charge in [0.25, 0.3) is 5.91 Å². The smallest absolute Gasteiger partial charge is 0.253 e. The van der Waals surface area contributed by atoms with Gasteiger partial charge in [-0.1, -0.05) is 24.3 Å². The van der Waals surface area contributed by atoms with Gasteiger partial charge in [-0.05, 0) is 36.8 Å². The third-order valence-corrected chi connectivity index (χ3v) is 3.28. The minimum Gasteiger partial charge on any atom is -0.497 e. The quantitative estimate of drug-likeness (QED) is 0.861.